The first-order valence-corrected chi connectivity index (χ1v) is 7.52. The molecule has 1 heterocycles. The molecular formula is C19H10N4O4. The van der Waals surface area contributed by atoms with Crippen LogP contribution in [0.1, 0.15) is 16.7 Å². The number of methoxy groups -OCH3 is 1. The fraction of sp³-hybridized carbons (Fsp3) is 0.0526. The van der Waals surface area contributed by atoms with E-state index in [-0.39, 0.29) is 33.2 Å². The molecule has 0 fully saturated rings. The van der Waals surface area contributed by atoms with Gasteiger partial charge in [-0.05, 0) is 35.9 Å². The van der Waals surface area contributed by atoms with Gasteiger partial charge in [0, 0.05) is 6.07 Å². The molecule has 0 saturated heterocycles. The lowest BCUT2D eigenvalue weighted by Crippen LogP contribution is -2.35. The molecule has 2 aromatic rings. The molecule has 0 radical (unpaired) electrons. The number of benzene rings is 2. The summed E-state index contributed by atoms with van der Waals surface area (Å²) in [4.78, 5) is 12.5. The fourth-order valence-electron chi connectivity index (χ4n) is 2.52. The van der Waals surface area contributed by atoms with Crippen LogP contribution in [0, 0.1) is 34.0 Å². The van der Waals surface area contributed by atoms with Crippen LogP contribution in [-0.4, -0.2) is 18.2 Å². The zero-order valence-electron chi connectivity index (χ0n) is 13.9. The molecule has 0 bridgehead atoms. The van der Waals surface area contributed by atoms with Crippen LogP contribution in [-0.2, 0) is 4.79 Å². The standard InChI is InChI=1S/C19H10N4O4/c1-26-14-4-2-11(3-5-14)15(10-22)18-19(24)23(25)16-6-12(8-20)13(9-21)7-17(16)27-18/h2-7,25H,1H3/b18-15-. The Morgan fingerprint density at radius 1 is 1.11 bits per heavy atom. The van der Waals surface area contributed by atoms with E-state index in [1.165, 1.54) is 19.2 Å². The molecule has 3 rings (SSSR count). The topological polar surface area (TPSA) is 130 Å². The largest absolute Gasteiger partial charge is 0.497 e. The smallest absolute Gasteiger partial charge is 0.319 e. The number of ether oxygens (including phenoxy) is 2. The van der Waals surface area contributed by atoms with Gasteiger partial charge in [0.15, 0.2) is 5.75 Å². The third-order valence-electron chi connectivity index (χ3n) is 3.88. The molecule has 1 aliphatic rings. The van der Waals surface area contributed by atoms with E-state index in [0.717, 1.165) is 0 Å². The summed E-state index contributed by atoms with van der Waals surface area (Å²) in [5, 5.41) is 38.2. The molecule has 130 valence electrons. The fourth-order valence-corrected chi connectivity index (χ4v) is 2.52. The van der Waals surface area contributed by atoms with Crippen molar-refractivity contribution in [3.63, 3.8) is 0 Å². The van der Waals surface area contributed by atoms with Crippen LogP contribution in [0.25, 0.3) is 5.57 Å². The predicted molar refractivity (Wildman–Crippen MR) is 91.3 cm³/mol. The van der Waals surface area contributed by atoms with E-state index in [1.807, 2.05) is 18.2 Å². The quantitative estimate of drug-likeness (QED) is 0.496. The molecule has 8 heteroatoms. The van der Waals surface area contributed by atoms with Gasteiger partial charge >= 0.3 is 5.91 Å². The normalized spacial score (nSPS) is 14.2. The first kappa shape index (κ1) is 17.5. The second kappa shape index (κ2) is 6.89. The zero-order chi connectivity index (χ0) is 19.6. The van der Waals surface area contributed by atoms with E-state index in [0.29, 0.717) is 11.3 Å². The number of allylic oxidation sites excluding steroid dienone is 1. The Morgan fingerprint density at radius 3 is 2.30 bits per heavy atom. The number of hydrogen-bond donors (Lipinski definition) is 1. The van der Waals surface area contributed by atoms with Gasteiger partial charge in [0.1, 0.15) is 35.2 Å². The maximum Gasteiger partial charge on any atom is 0.319 e. The number of nitriles is 3. The lowest BCUT2D eigenvalue weighted by molar-refractivity contribution is -0.122. The lowest BCUT2D eigenvalue weighted by Gasteiger charge is -2.26. The van der Waals surface area contributed by atoms with Crippen molar-refractivity contribution in [2.45, 2.75) is 0 Å². The molecule has 0 aliphatic carbocycles. The molecule has 1 N–H and O–H groups in total. The van der Waals surface area contributed by atoms with E-state index in [1.54, 1.807) is 24.3 Å². The number of anilines is 1. The zero-order valence-corrected chi connectivity index (χ0v) is 13.9. The number of carbonyl (C=O) groups excluding carboxylic acids is 1. The minimum Gasteiger partial charge on any atom is -0.497 e. The molecule has 8 nitrogen and oxygen atoms in total. The molecule has 0 aromatic heterocycles. The summed E-state index contributed by atoms with van der Waals surface area (Å²) in [5.74, 6) is -0.826. The van der Waals surface area contributed by atoms with Crippen molar-refractivity contribution < 1.29 is 19.5 Å². The van der Waals surface area contributed by atoms with Gasteiger partial charge in [0.05, 0.1) is 18.2 Å². The first-order valence-electron chi connectivity index (χ1n) is 7.52. The monoisotopic (exact) mass is 358 g/mol. The Morgan fingerprint density at radius 2 is 1.74 bits per heavy atom. The summed E-state index contributed by atoms with van der Waals surface area (Å²) < 4.78 is 10.6. The van der Waals surface area contributed by atoms with Crippen molar-refractivity contribution >= 4 is 17.2 Å². The minimum absolute atomic E-state index is 0.0151. The molecule has 1 aliphatic heterocycles. The Balaban J connectivity index is 2.17. The molecule has 2 aromatic carbocycles. The van der Waals surface area contributed by atoms with Gasteiger partial charge in [0.2, 0.25) is 5.76 Å². The van der Waals surface area contributed by atoms with Crippen molar-refractivity contribution in [2.75, 3.05) is 12.2 Å². The second-order valence-electron chi connectivity index (χ2n) is 5.35. The van der Waals surface area contributed by atoms with E-state index in [2.05, 4.69) is 0 Å². The third-order valence-corrected chi connectivity index (χ3v) is 3.88. The molecular weight excluding hydrogens is 348 g/mol. The van der Waals surface area contributed by atoms with Gasteiger partial charge in [-0.3, -0.25) is 10.0 Å². The van der Waals surface area contributed by atoms with Crippen LogP contribution in [0.2, 0.25) is 0 Å². The number of fused-ring (bicyclic) bond motifs is 1. The Labute approximate surface area is 153 Å². The van der Waals surface area contributed by atoms with Crippen molar-refractivity contribution in [1.82, 2.24) is 0 Å². The number of hydrogen-bond acceptors (Lipinski definition) is 7. The first-order chi connectivity index (χ1) is 13.0. The Hall–Kier alpha value is -4.32. The van der Waals surface area contributed by atoms with Crippen molar-refractivity contribution in [1.29, 1.82) is 15.8 Å². The predicted octanol–water partition coefficient (Wildman–Crippen LogP) is 2.49. The van der Waals surface area contributed by atoms with Crippen LogP contribution in [0.5, 0.6) is 11.5 Å². The molecule has 1 amide bonds. The maximum absolute atomic E-state index is 12.5. The summed E-state index contributed by atoms with van der Waals surface area (Å²) in [6, 6.07) is 14.3. The highest BCUT2D eigenvalue weighted by molar-refractivity contribution is 6.12. The highest BCUT2D eigenvalue weighted by atomic mass is 16.5. The number of rotatable bonds is 2. The van der Waals surface area contributed by atoms with E-state index >= 15 is 0 Å². The average molecular weight is 358 g/mol. The molecule has 0 saturated carbocycles. The number of nitrogens with zero attached hydrogens (tertiary/aromatic N) is 4. The van der Waals surface area contributed by atoms with E-state index < -0.39 is 11.7 Å². The van der Waals surface area contributed by atoms with Crippen LogP contribution >= 0.6 is 0 Å². The number of hydroxylamine groups is 1. The van der Waals surface area contributed by atoms with Crippen molar-refractivity contribution in [3.05, 3.63) is 58.8 Å². The summed E-state index contributed by atoms with van der Waals surface area (Å²) >= 11 is 0. The van der Waals surface area contributed by atoms with E-state index in [4.69, 9.17) is 20.0 Å². The molecule has 0 atom stereocenters. The van der Waals surface area contributed by atoms with Gasteiger partial charge in [-0.15, -0.1) is 0 Å². The highest BCUT2D eigenvalue weighted by Gasteiger charge is 2.33. The summed E-state index contributed by atoms with van der Waals surface area (Å²) in [7, 11) is 1.50. The van der Waals surface area contributed by atoms with Gasteiger partial charge in [-0.2, -0.15) is 20.8 Å². The van der Waals surface area contributed by atoms with Gasteiger partial charge < -0.3 is 9.47 Å². The van der Waals surface area contributed by atoms with Gasteiger partial charge in [-0.25, -0.2) is 0 Å². The average Bonchev–Trinajstić information content (AvgIpc) is 2.71. The Kier molecular flexibility index (Phi) is 4.47. The summed E-state index contributed by atoms with van der Waals surface area (Å²) in [6.07, 6.45) is 0. The molecule has 0 spiro atoms. The Bertz CT molecular complexity index is 1100. The maximum atomic E-state index is 12.5. The van der Waals surface area contributed by atoms with Gasteiger partial charge in [-0.1, -0.05) is 0 Å². The molecule has 27 heavy (non-hydrogen) atoms. The lowest BCUT2D eigenvalue weighted by atomic mass is 10.0. The second-order valence-corrected chi connectivity index (χ2v) is 5.35. The summed E-state index contributed by atoms with van der Waals surface area (Å²) in [6.45, 7) is 0. The van der Waals surface area contributed by atoms with Crippen LogP contribution in [0.3, 0.4) is 0 Å². The van der Waals surface area contributed by atoms with Crippen LogP contribution < -0.4 is 14.5 Å². The summed E-state index contributed by atoms with van der Waals surface area (Å²) in [5.41, 5.74) is 0.185. The van der Waals surface area contributed by atoms with Crippen LogP contribution in [0.15, 0.2) is 42.2 Å². The molecule has 0 unspecified atom stereocenters. The van der Waals surface area contributed by atoms with Crippen LogP contribution in [0.4, 0.5) is 5.69 Å². The third kappa shape index (κ3) is 2.91. The number of carbonyl (C=O) groups is 1. The number of amides is 1. The van der Waals surface area contributed by atoms with Crippen molar-refractivity contribution in [2.24, 2.45) is 0 Å². The van der Waals surface area contributed by atoms with Gasteiger partial charge in [0.25, 0.3) is 0 Å². The van der Waals surface area contributed by atoms with E-state index in [9.17, 15) is 15.3 Å². The highest BCUT2D eigenvalue weighted by Crippen LogP contribution is 2.38. The minimum atomic E-state index is -0.969. The SMILES string of the molecule is COc1ccc(/C(C#N)=C2\Oc3cc(C#N)c(C#N)cc3N(O)C2=O)cc1. The van der Waals surface area contributed by atoms with Crippen molar-refractivity contribution in [3.8, 4) is 29.7 Å².